The highest BCUT2D eigenvalue weighted by Crippen LogP contribution is 2.27. The molecule has 0 aromatic heterocycles. The number of rotatable bonds is 3. The average molecular weight is 256 g/mol. The zero-order chi connectivity index (χ0) is 12.8. The molecule has 0 aliphatic heterocycles. The minimum atomic E-state index is -0.488. The van der Waals surface area contributed by atoms with Crippen LogP contribution >= 0.6 is 11.8 Å². The number of aliphatic hydroxyl groups is 1. The lowest BCUT2D eigenvalue weighted by Gasteiger charge is -2.03. The summed E-state index contributed by atoms with van der Waals surface area (Å²) in [6, 6.07) is 14.7. The van der Waals surface area contributed by atoms with Crippen LogP contribution in [-0.2, 0) is 0 Å². The van der Waals surface area contributed by atoms with Gasteiger partial charge in [-0.25, -0.2) is 0 Å². The van der Waals surface area contributed by atoms with Gasteiger partial charge in [0.05, 0.1) is 5.75 Å². The summed E-state index contributed by atoms with van der Waals surface area (Å²) in [5, 5.41) is 11.9. The Morgan fingerprint density at radius 1 is 1.17 bits per heavy atom. The summed E-state index contributed by atoms with van der Waals surface area (Å²) in [5.41, 5.74) is 0. The van der Waals surface area contributed by atoms with Crippen LogP contribution in [0.1, 0.15) is 13.3 Å². The molecule has 2 heteroatoms. The van der Waals surface area contributed by atoms with Gasteiger partial charge in [0.15, 0.2) is 0 Å². The van der Waals surface area contributed by atoms with Crippen LogP contribution in [0.4, 0.5) is 0 Å². The second-order valence-corrected chi connectivity index (χ2v) is 5.03. The lowest BCUT2D eigenvalue weighted by molar-refractivity contribution is 0.228. The number of benzene rings is 2. The van der Waals surface area contributed by atoms with Gasteiger partial charge in [-0.15, -0.1) is 11.8 Å². The zero-order valence-corrected chi connectivity index (χ0v) is 11.2. The SMILES string of the molecule is CCC(O)C#CCSc1cccc2ccccc12. The molecule has 92 valence electrons. The first-order valence-electron chi connectivity index (χ1n) is 6.08. The van der Waals surface area contributed by atoms with E-state index in [0.717, 1.165) is 0 Å². The van der Waals surface area contributed by atoms with Crippen LogP contribution in [0.2, 0.25) is 0 Å². The molecule has 1 unspecified atom stereocenters. The van der Waals surface area contributed by atoms with Crippen LogP contribution in [0.3, 0.4) is 0 Å². The van der Waals surface area contributed by atoms with Crippen molar-refractivity contribution < 1.29 is 5.11 Å². The van der Waals surface area contributed by atoms with Gasteiger partial charge in [0.25, 0.3) is 0 Å². The lowest BCUT2D eigenvalue weighted by Crippen LogP contribution is -1.98. The summed E-state index contributed by atoms with van der Waals surface area (Å²) < 4.78 is 0. The molecule has 0 saturated heterocycles. The lowest BCUT2D eigenvalue weighted by atomic mass is 10.1. The molecular weight excluding hydrogens is 240 g/mol. The smallest absolute Gasteiger partial charge is 0.114 e. The van der Waals surface area contributed by atoms with Crippen molar-refractivity contribution in [2.45, 2.75) is 24.3 Å². The number of hydrogen-bond donors (Lipinski definition) is 1. The van der Waals surface area contributed by atoms with Crippen LogP contribution in [0.15, 0.2) is 47.4 Å². The quantitative estimate of drug-likeness (QED) is 0.667. The van der Waals surface area contributed by atoms with E-state index in [2.05, 4.69) is 48.2 Å². The normalized spacial score (nSPS) is 11.9. The summed E-state index contributed by atoms with van der Waals surface area (Å²) >= 11 is 1.72. The topological polar surface area (TPSA) is 20.2 Å². The maximum absolute atomic E-state index is 9.34. The van der Waals surface area contributed by atoms with E-state index < -0.39 is 6.10 Å². The third-order valence-corrected chi connectivity index (χ3v) is 3.66. The Morgan fingerprint density at radius 2 is 1.94 bits per heavy atom. The predicted molar refractivity (Wildman–Crippen MR) is 78.7 cm³/mol. The molecule has 0 heterocycles. The molecule has 18 heavy (non-hydrogen) atoms. The van der Waals surface area contributed by atoms with Gasteiger partial charge in [-0.2, -0.15) is 0 Å². The first kappa shape index (κ1) is 13.0. The third-order valence-electron chi connectivity index (χ3n) is 2.70. The minimum Gasteiger partial charge on any atom is -0.380 e. The van der Waals surface area contributed by atoms with E-state index in [1.807, 2.05) is 13.0 Å². The standard InChI is InChI=1S/C16H16OS/c1-2-14(17)9-6-12-18-16-11-5-8-13-7-3-4-10-15(13)16/h3-5,7-8,10-11,14,17H,2,12H2,1H3. The molecule has 2 rings (SSSR count). The number of thioether (sulfide) groups is 1. The van der Waals surface area contributed by atoms with Gasteiger partial charge < -0.3 is 5.11 Å². The summed E-state index contributed by atoms with van der Waals surface area (Å²) in [5.74, 6) is 6.56. The Morgan fingerprint density at radius 3 is 2.78 bits per heavy atom. The molecule has 0 aliphatic rings. The van der Waals surface area contributed by atoms with Gasteiger partial charge in [0.2, 0.25) is 0 Å². The second-order valence-electron chi connectivity index (χ2n) is 4.01. The molecule has 0 saturated carbocycles. The number of aliphatic hydroxyl groups excluding tert-OH is 1. The van der Waals surface area contributed by atoms with E-state index in [9.17, 15) is 5.11 Å². The molecule has 0 aliphatic carbocycles. The average Bonchev–Trinajstić information content (AvgIpc) is 2.43. The zero-order valence-electron chi connectivity index (χ0n) is 10.4. The van der Waals surface area contributed by atoms with Gasteiger partial charge >= 0.3 is 0 Å². The second kappa shape index (κ2) is 6.49. The van der Waals surface area contributed by atoms with Gasteiger partial charge in [-0.3, -0.25) is 0 Å². The van der Waals surface area contributed by atoms with Gasteiger partial charge in [0, 0.05) is 4.90 Å². The van der Waals surface area contributed by atoms with Crippen molar-refractivity contribution in [3.05, 3.63) is 42.5 Å². The minimum absolute atomic E-state index is 0.488. The highest BCUT2D eigenvalue weighted by Gasteiger charge is 1.99. The van der Waals surface area contributed by atoms with Crippen LogP contribution in [0.25, 0.3) is 10.8 Å². The van der Waals surface area contributed by atoms with Crippen molar-refractivity contribution in [3.8, 4) is 11.8 Å². The first-order valence-corrected chi connectivity index (χ1v) is 7.07. The van der Waals surface area contributed by atoms with Crippen LogP contribution in [0.5, 0.6) is 0 Å². The fraction of sp³-hybridized carbons (Fsp3) is 0.250. The molecular formula is C16H16OS. The highest BCUT2D eigenvalue weighted by molar-refractivity contribution is 7.99. The molecule has 1 nitrogen and oxygen atoms in total. The van der Waals surface area contributed by atoms with Gasteiger partial charge in [-0.05, 0) is 23.3 Å². The summed E-state index contributed by atoms with van der Waals surface area (Å²) in [6.07, 6.45) is 0.199. The van der Waals surface area contributed by atoms with E-state index in [4.69, 9.17) is 0 Å². The Hall–Kier alpha value is -1.43. The van der Waals surface area contributed by atoms with E-state index in [1.165, 1.54) is 15.7 Å². The summed E-state index contributed by atoms with van der Waals surface area (Å²) in [4.78, 5) is 1.24. The van der Waals surface area contributed by atoms with Crippen molar-refractivity contribution in [1.29, 1.82) is 0 Å². The van der Waals surface area contributed by atoms with E-state index in [1.54, 1.807) is 11.8 Å². The third kappa shape index (κ3) is 3.29. The Labute approximate surface area is 112 Å². The maximum atomic E-state index is 9.34. The van der Waals surface area contributed by atoms with Gasteiger partial charge in [-0.1, -0.05) is 55.2 Å². The fourth-order valence-electron chi connectivity index (χ4n) is 1.70. The molecule has 1 N–H and O–H groups in total. The molecule has 0 radical (unpaired) electrons. The summed E-state index contributed by atoms with van der Waals surface area (Å²) in [7, 11) is 0. The Balaban J connectivity index is 2.10. The van der Waals surface area contributed by atoms with E-state index in [0.29, 0.717) is 12.2 Å². The number of fused-ring (bicyclic) bond motifs is 1. The van der Waals surface area contributed by atoms with Crippen molar-refractivity contribution in [1.82, 2.24) is 0 Å². The summed E-state index contributed by atoms with van der Waals surface area (Å²) in [6.45, 7) is 1.93. The first-order chi connectivity index (χ1) is 8.81. The molecule has 1 atom stereocenters. The monoisotopic (exact) mass is 256 g/mol. The Kier molecular flexibility index (Phi) is 4.69. The van der Waals surface area contributed by atoms with Crippen molar-refractivity contribution in [2.75, 3.05) is 5.75 Å². The van der Waals surface area contributed by atoms with Crippen molar-refractivity contribution in [3.63, 3.8) is 0 Å². The van der Waals surface area contributed by atoms with E-state index >= 15 is 0 Å². The molecule has 0 fully saturated rings. The molecule has 2 aromatic carbocycles. The predicted octanol–water partition coefficient (Wildman–Crippen LogP) is 3.71. The fourth-order valence-corrected chi connectivity index (χ4v) is 2.52. The largest absolute Gasteiger partial charge is 0.380 e. The van der Waals surface area contributed by atoms with Crippen molar-refractivity contribution >= 4 is 22.5 Å². The van der Waals surface area contributed by atoms with Gasteiger partial charge in [0.1, 0.15) is 6.10 Å². The molecule has 0 bridgehead atoms. The molecule has 2 aromatic rings. The van der Waals surface area contributed by atoms with Crippen LogP contribution < -0.4 is 0 Å². The maximum Gasteiger partial charge on any atom is 0.114 e. The van der Waals surface area contributed by atoms with E-state index in [-0.39, 0.29) is 0 Å². The Bertz CT molecular complexity index is 575. The highest BCUT2D eigenvalue weighted by atomic mass is 32.2. The van der Waals surface area contributed by atoms with Crippen LogP contribution in [-0.4, -0.2) is 17.0 Å². The molecule has 0 amide bonds. The van der Waals surface area contributed by atoms with Crippen LogP contribution in [0, 0.1) is 11.8 Å². The van der Waals surface area contributed by atoms with Crippen molar-refractivity contribution in [2.24, 2.45) is 0 Å². The molecule has 0 spiro atoms. The number of hydrogen-bond acceptors (Lipinski definition) is 2.